The summed E-state index contributed by atoms with van der Waals surface area (Å²) in [4.78, 5) is 24.6. The largest absolute Gasteiger partial charge is 0.462 e. The predicted octanol–water partition coefficient (Wildman–Crippen LogP) is 23.1. The van der Waals surface area contributed by atoms with E-state index in [2.05, 4.69) is 172 Å². The molecule has 0 aliphatic carbocycles. The van der Waals surface area contributed by atoms with E-state index in [4.69, 9.17) is 9.47 Å². The zero-order valence-electron chi connectivity index (χ0n) is 51.8. The van der Waals surface area contributed by atoms with Crippen LogP contribution in [0.3, 0.4) is 0 Å². The first kappa shape index (κ1) is 75.5. The molecule has 452 valence electrons. The molecule has 80 heavy (non-hydrogen) atoms. The van der Waals surface area contributed by atoms with Gasteiger partial charge in [-0.1, -0.05) is 300 Å². The standard InChI is InChI=1S/C75H122O5/c1-3-5-7-9-11-13-15-17-19-21-23-25-27-29-31-33-35-36-37-38-40-42-44-46-48-50-52-54-56-58-60-62-64-66-68-70-75(78)80-73(71-76)72-79-74(77)69-67-65-63-61-59-57-55-53-51-49-47-45-43-41-39-34-32-30-28-26-24-22-20-18-16-14-12-10-8-6-4-2/h5,7,11,13,16-19,22-25,28-31,35-36,38,40,44,46,50,52,56,58,73,76H,3-4,6,8-10,12,14-15,20-21,26-27,32-34,37,39,41-43,45,47-49,51,53-55,57,59-72H2,1-2H3/b7-5-,13-11-,18-16-,19-17-,24-22-,25-23-,30-28-,31-29-,36-35-,40-38-,46-44-,52-50-,58-56-. The lowest BCUT2D eigenvalue weighted by molar-refractivity contribution is -0.161. The lowest BCUT2D eigenvalue weighted by Crippen LogP contribution is -2.28. The summed E-state index contributed by atoms with van der Waals surface area (Å²) < 4.78 is 10.7. The third-order valence-corrected chi connectivity index (χ3v) is 13.8. The number of allylic oxidation sites excluding steroid dienone is 26. The summed E-state index contributed by atoms with van der Waals surface area (Å²) in [6.07, 6.45) is 105. The van der Waals surface area contributed by atoms with Crippen LogP contribution in [0.5, 0.6) is 0 Å². The first-order valence-electron chi connectivity index (χ1n) is 33.0. The van der Waals surface area contributed by atoms with Gasteiger partial charge in [0.1, 0.15) is 6.61 Å². The highest BCUT2D eigenvalue weighted by Gasteiger charge is 2.16. The quantitative estimate of drug-likeness (QED) is 0.0373. The highest BCUT2D eigenvalue weighted by atomic mass is 16.6. The normalized spacial score (nSPS) is 13.3. The Labute approximate surface area is 494 Å². The van der Waals surface area contributed by atoms with Crippen molar-refractivity contribution in [3.8, 4) is 0 Å². The first-order valence-corrected chi connectivity index (χ1v) is 33.0. The molecule has 0 spiro atoms. The van der Waals surface area contributed by atoms with Crippen LogP contribution in [0.25, 0.3) is 0 Å². The lowest BCUT2D eigenvalue weighted by Gasteiger charge is -2.15. The molecule has 0 aliphatic rings. The van der Waals surface area contributed by atoms with Gasteiger partial charge in [-0.25, -0.2) is 0 Å². The Kier molecular flexibility index (Phi) is 64.9. The van der Waals surface area contributed by atoms with Crippen molar-refractivity contribution >= 4 is 11.9 Å². The Morgan fingerprint density at radius 1 is 0.300 bits per heavy atom. The second-order valence-corrected chi connectivity index (χ2v) is 21.5. The van der Waals surface area contributed by atoms with E-state index in [1.54, 1.807) is 0 Å². The molecular weight excluding hydrogens is 981 g/mol. The molecule has 0 fully saturated rings. The van der Waals surface area contributed by atoms with Gasteiger partial charge in [0, 0.05) is 12.8 Å². The van der Waals surface area contributed by atoms with Crippen LogP contribution in [-0.2, 0) is 19.1 Å². The van der Waals surface area contributed by atoms with Crippen molar-refractivity contribution in [2.24, 2.45) is 0 Å². The maximum atomic E-state index is 12.3. The number of carbonyl (C=O) groups is 2. The van der Waals surface area contributed by atoms with E-state index in [1.807, 2.05) is 0 Å². The first-order chi connectivity index (χ1) is 39.6. The van der Waals surface area contributed by atoms with Crippen LogP contribution < -0.4 is 0 Å². The van der Waals surface area contributed by atoms with Gasteiger partial charge in [0.25, 0.3) is 0 Å². The highest BCUT2D eigenvalue weighted by Crippen LogP contribution is 2.16. The van der Waals surface area contributed by atoms with E-state index in [1.165, 1.54) is 128 Å². The maximum absolute atomic E-state index is 12.3. The van der Waals surface area contributed by atoms with Gasteiger partial charge >= 0.3 is 11.9 Å². The van der Waals surface area contributed by atoms with E-state index < -0.39 is 6.10 Å². The molecule has 0 aliphatic heterocycles. The molecule has 0 saturated carbocycles. The molecule has 0 rings (SSSR count). The molecule has 0 aromatic rings. The number of rotatable bonds is 59. The Morgan fingerprint density at radius 2 is 0.537 bits per heavy atom. The van der Waals surface area contributed by atoms with Gasteiger partial charge in [-0.3, -0.25) is 9.59 Å². The maximum Gasteiger partial charge on any atom is 0.306 e. The Morgan fingerprint density at radius 3 is 0.812 bits per heavy atom. The minimum Gasteiger partial charge on any atom is -0.462 e. The molecule has 1 unspecified atom stereocenters. The molecule has 1 N–H and O–H groups in total. The lowest BCUT2D eigenvalue weighted by atomic mass is 10.0. The summed E-state index contributed by atoms with van der Waals surface area (Å²) in [6.45, 7) is 4.00. The minimum atomic E-state index is -0.799. The summed E-state index contributed by atoms with van der Waals surface area (Å²) in [6, 6.07) is 0. The molecule has 5 heteroatoms. The van der Waals surface area contributed by atoms with Crippen LogP contribution in [0.2, 0.25) is 0 Å². The van der Waals surface area contributed by atoms with Gasteiger partial charge < -0.3 is 14.6 Å². The number of hydrogen-bond donors (Lipinski definition) is 1. The van der Waals surface area contributed by atoms with Crippen LogP contribution in [0.1, 0.15) is 284 Å². The van der Waals surface area contributed by atoms with Crippen molar-refractivity contribution in [3.63, 3.8) is 0 Å². The molecule has 0 aromatic heterocycles. The molecule has 0 aromatic carbocycles. The van der Waals surface area contributed by atoms with Crippen molar-refractivity contribution in [2.45, 2.75) is 290 Å². The molecule has 1 atom stereocenters. The van der Waals surface area contributed by atoms with E-state index in [9.17, 15) is 14.7 Å². The number of hydrogen-bond acceptors (Lipinski definition) is 5. The second-order valence-electron chi connectivity index (χ2n) is 21.5. The van der Waals surface area contributed by atoms with Crippen molar-refractivity contribution in [2.75, 3.05) is 13.2 Å². The topological polar surface area (TPSA) is 72.8 Å². The van der Waals surface area contributed by atoms with Crippen LogP contribution in [0, 0.1) is 0 Å². The molecule has 0 heterocycles. The zero-order valence-corrected chi connectivity index (χ0v) is 51.8. The highest BCUT2D eigenvalue weighted by molar-refractivity contribution is 5.70. The number of ether oxygens (including phenoxy) is 2. The Balaban J connectivity index is 3.59. The fourth-order valence-corrected chi connectivity index (χ4v) is 8.89. The fourth-order valence-electron chi connectivity index (χ4n) is 8.89. The number of carbonyl (C=O) groups excluding carboxylic acids is 2. The molecule has 0 saturated heterocycles. The third kappa shape index (κ3) is 66.0. The number of aliphatic hydroxyl groups is 1. The SMILES string of the molecule is CC/C=C\C/C=C\C/C=C\C/C=C\C/C=C\C/C=C\C/C=C\C/C=C\C/C=C\C/C=C\CCCCCCC(=O)OC(CO)COC(=O)CCCCCCCCCCCCCCCCCC/C=C\C/C=C\C/C=C\CCCCCCC. The van der Waals surface area contributed by atoms with Gasteiger partial charge in [0.05, 0.1) is 6.61 Å². The molecule has 0 radical (unpaired) electrons. The van der Waals surface area contributed by atoms with E-state index in [-0.39, 0.29) is 25.2 Å². The van der Waals surface area contributed by atoms with Gasteiger partial charge in [-0.15, -0.1) is 0 Å². The van der Waals surface area contributed by atoms with Gasteiger partial charge in [-0.05, 0) is 128 Å². The summed E-state index contributed by atoms with van der Waals surface area (Å²) in [7, 11) is 0. The number of unbranched alkanes of at least 4 members (excludes halogenated alkanes) is 25. The average molecular weight is 1100 g/mol. The Bertz CT molecular complexity index is 1730. The summed E-state index contributed by atoms with van der Waals surface area (Å²) in [5.74, 6) is -0.624. The molecular formula is C75H122O5. The summed E-state index contributed by atoms with van der Waals surface area (Å²) >= 11 is 0. The second kappa shape index (κ2) is 68.8. The zero-order chi connectivity index (χ0) is 57.6. The average Bonchev–Trinajstić information content (AvgIpc) is 3.46. The van der Waals surface area contributed by atoms with Crippen molar-refractivity contribution in [3.05, 3.63) is 158 Å². The van der Waals surface area contributed by atoms with Crippen LogP contribution in [0.15, 0.2) is 158 Å². The van der Waals surface area contributed by atoms with Crippen molar-refractivity contribution in [1.29, 1.82) is 0 Å². The van der Waals surface area contributed by atoms with Gasteiger partial charge in [-0.2, -0.15) is 0 Å². The fraction of sp³-hybridized carbons (Fsp3) is 0.627. The van der Waals surface area contributed by atoms with Gasteiger partial charge in [0.15, 0.2) is 6.10 Å². The third-order valence-electron chi connectivity index (χ3n) is 13.8. The number of aliphatic hydroxyl groups excluding tert-OH is 1. The van der Waals surface area contributed by atoms with Crippen LogP contribution >= 0.6 is 0 Å². The van der Waals surface area contributed by atoms with E-state index in [0.29, 0.717) is 12.8 Å². The van der Waals surface area contributed by atoms with Crippen molar-refractivity contribution in [1.82, 2.24) is 0 Å². The predicted molar refractivity (Wildman–Crippen MR) is 352 cm³/mol. The van der Waals surface area contributed by atoms with Gasteiger partial charge in [0.2, 0.25) is 0 Å². The molecule has 0 amide bonds. The van der Waals surface area contributed by atoms with Crippen LogP contribution in [0.4, 0.5) is 0 Å². The minimum absolute atomic E-state index is 0.0848. The van der Waals surface area contributed by atoms with E-state index in [0.717, 1.165) is 128 Å². The summed E-state index contributed by atoms with van der Waals surface area (Å²) in [5.41, 5.74) is 0. The van der Waals surface area contributed by atoms with E-state index >= 15 is 0 Å². The molecule has 0 bridgehead atoms. The Hall–Kier alpha value is -4.48. The number of esters is 2. The van der Waals surface area contributed by atoms with Crippen molar-refractivity contribution < 1.29 is 24.2 Å². The van der Waals surface area contributed by atoms with Crippen LogP contribution in [-0.4, -0.2) is 36.4 Å². The smallest absolute Gasteiger partial charge is 0.306 e. The summed E-state index contributed by atoms with van der Waals surface area (Å²) in [5, 5.41) is 9.69. The monoisotopic (exact) mass is 1100 g/mol. The molecule has 5 nitrogen and oxygen atoms in total.